The maximum Gasteiger partial charge on any atom is 0.274 e. The summed E-state index contributed by atoms with van der Waals surface area (Å²) < 4.78 is 46.9. The molecule has 1 aromatic heterocycles. The van der Waals surface area contributed by atoms with E-state index in [-0.39, 0.29) is 30.8 Å². The summed E-state index contributed by atoms with van der Waals surface area (Å²) >= 11 is 0. The number of amides is 1. The first-order valence-electron chi connectivity index (χ1n) is 8.52. The van der Waals surface area contributed by atoms with Gasteiger partial charge in [-0.25, -0.2) is 17.9 Å². The average molecular weight is 388 g/mol. The van der Waals surface area contributed by atoms with E-state index in [2.05, 4.69) is 15.6 Å². The summed E-state index contributed by atoms with van der Waals surface area (Å²) in [5.41, 5.74) is 1.68. The van der Waals surface area contributed by atoms with Gasteiger partial charge in [-0.1, -0.05) is 17.3 Å². The van der Waals surface area contributed by atoms with Crippen LogP contribution in [0.25, 0.3) is 0 Å². The highest BCUT2D eigenvalue weighted by molar-refractivity contribution is 5.93. The van der Waals surface area contributed by atoms with Crippen LogP contribution < -0.4 is 5.32 Å². The lowest BCUT2D eigenvalue weighted by atomic mass is 10.1. The van der Waals surface area contributed by atoms with Crippen LogP contribution in [0.2, 0.25) is 0 Å². The number of hydrogen-bond acceptors (Lipinski definition) is 4. The molecule has 2 aromatic carbocycles. The van der Waals surface area contributed by atoms with E-state index in [0.717, 1.165) is 23.8 Å². The SMILES string of the molecule is O=C(NCc1cc(F)cc(F)c1)c1nnn2c1CO[C@@H](c1ccc(F)cc1)C2. The van der Waals surface area contributed by atoms with Crippen molar-refractivity contribution in [3.8, 4) is 0 Å². The monoisotopic (exact) mass is 388 g/mol. The molecule has 0 unspecified atom stereocenters. The summed E-state index contributed by atoms with van der Waals surface area (Å²) in [6.07, 6.45) is -0.332. The zero-order chi connectivity index (χ0) is 19.7. The number of rotatable bonds is 4. The molecule has 0 fully saturated rings. The quantitative estimate of drug-likeness (QED) is 0.746. The van der Waals surface area contributed by atoms with Gasteiger partial charge >= 0.3 is 0 Å². The average Bonchev–Trinajstić information content (AvgIpc) is 3.09. The number of aromatic nitrogens is 3. The van der Waals surface area contributed by atoms with E-state index in [0.29, 0.717) is 17.8 Å². The Morgan fingerprint density at radius 3 is 2.54 bits per heavy atom. The Labute approximate surface area is 157 Å². The van der Waals surface area contributed by atoms with E-state index in [4.69, 9.17) is 4.74 Å². The third kappa shape index (κ3) is 3.74. The zero-order valence-corrected chi connectivity index (χ0v) is 14.5. The Morgan fingerprint density at radius 1 is 1.11 bits per heavy atom. The topological polar surface area (TPSA) is 69.0 Å². The Bertz CT molecular complexity index is 1000. The number of nitrogens with zero attached hydrogens (tertiary/aromatic N) is 3. The van der Waals surface area contributed by atoms with E-state index in [1.54, 1.807) is 16.8 Å². The van der Waals surface area contributed by atoms with E-state index in [1.807, 2.05) is 0 Å². The summed E-state index contributed by atoms with van der Waals surface area (Å²) in [6.45, 7) is 0.377. The van der Waals surface area contributed by atoms with Crippen molar-refractivity contribution in [3.63, 3.8) is 0 Å². The lowest BCUT2D eigenvalue weighted by molar-refractivity contribution is -0.00180. The molecule has 1 aliphatic heterocycles. The minimum atomic E-state index is -0.717. The van der Waals surface area contributed by atoms with Crippen LogP contribution in [0.3, 0.4) is 0 Å². The van der Waals surface area contributed by atoms with E-state index in [1.165, 1.54) is 12.1 Å². The van der Waals surface area contributed by atoms with Gasteiger partial charge in [0.2, 0.25) is 0 Å². The fraction of sp³-hybridized carbons (Fsp3) is 0.211. The molecule has 0 aliphatic carbocycles. The highest BCUT2D eigenvalue weighted by atomic mass is 19.1. The minimum absolute atomic E-state index is 0.0567. The number of benzene rings is 2. The van der Waals surface area contributed by atoms with Crippen molar-refractivity contribution >= 4 is 5.91 Å². The molecule has 0 bridgehead atoms. The molecule has 6 nitrogen and oxygen atoms in total. The van der Waals surface area contributed by atoms with Gasteiger partial charge < -0.3 is 10.1 Å². The number of carbonyl (C=O) groups excluding carboxylic acids is 1. The summed E-state index contributed by atoms with van der Waals surface area (Å²) in [6, 6.07) is 9.01. The highest BCUT2D eigenvalue weighted by Gasteiger charge is 2.27. The Kier molecular flexibility index (Phi) is 4.82. The van der Waals surface area contributed by atoms with Crippen molar-refractivity contribution in [3.05, 3.63) is 82.4 Å². The second kappa shape index (κ2) is 7.43. The van der Waals surface area contributed by atoms with Gasteiger partial charge in [0.15, 0.2) is 5.69 Å². The summed E-state index contributed by atoms with van der Waals surface area (Å²) in [4.78, 5) is 12.4. The van der Waals surface area contributed by atoms with Gasteiger partial charge in [-0.15, -0.1) is 5.10 Å². The van der Waals surface area contributed by atoms with Crippen molar-refractivity contribution in [2.45, 2.75) is 25.8 Å². The van der Waals surface area contributed by atoms with Crippen molar-refractivity contribution in [1.29, 1.82) is 0 Å². The van der Waals surface area contributed by atoms with Crippen LogP contribution >= 0.6 is 0 Å². The molecule has 2 heterocycles. The van der Waals surface area contributed by atoms with Crippen LogP contribution in [0.1, 0.15) is 33.4 Å². The first kappa shape index (κ1) is 18.2. The lowest BCUT2D eigenvalue weighted by Crippen LogP contribution is -2.27. The number of fused-ring (bicyclic) bond motifs is 1. The molecule has 9 heteroatoms. The largest absolute Gasteiger partial charge is 0.365 e. The van der Waals surface area contributed by atoms with Crippen molar-refractivity contribution in [2.24, 2.45) is 0 Å². The molecule has 1 atom stereocenters. The molecular formula is C19H15F3N4O2. The fourth-order valence-corrected chi connectivity index (χ4v) is 3.05. The lowest BCUT2D eigenvalue weighted by Gasteiger charge is -2.24. The summed E-state index contributed by atoms with van der Waals surface area (Å²) in [7, 11) is 0. The normalized spacial score (nSPS) is 15.9. The highest BCUT2D eigenvalue weighted by Crippen LogP contribution is 2.27. The second-order valence-corrected chi connectivity index (χ2v) is 6.38. The maximum atomic E-state index is 13.2. The standard InChI is InChI=1S/C19H15F3N4O2/c20-13-3-1-12(2-4-13)17-9-26-16(10-28-17)18(24-25-26)19(27)23-8-11-5-14(21)7-15(22)6-11/h1-7,17H,8-10H2,(H,23,27)/t17-/m1/s1. The van der Waals surface area contributed by atoms with Gasteiger partial charge in [0, 0.05) is 12.6 Å². The van der Waals surface area contributed by atoms with Gasteiger partial charge in [-0.05, 0) is 35.4 Å². The maximum absolute atomic E-state index is 13.2. The molecule has 1 N–H and O–H groups in total. The predicted octanol–water partition coefficient (Wildman–Crippen LogP) is 2.90. The van der Waals surface area contributed by atoms with Crippen molar-refractivity contribution in [2.75, 3.05) is 0 Å². The van der Waals surface area contributed by atoms with Gasteiger partial charge in [0.1, 0.15) is 23.6 Å². The van der Waals surface area contributed by atoms with Crippen LogP contribution in [0, 0.1) is 17.5 Å². The zero-order valence-electron chi connectivity index (χ0n) is 14.5. The molecule has 0 spiro atoms. The summed E-state index contributed by atoms with van der Waals surface area (Å²) in [5, 5.41) is 10.5. The molecule has 3 aromatic rings. The smallest absolute Gasteiger partial charge is 0.274 e. The van der Waals surface area contributed by atoms with Crippen LogP contribution in [0.15, 0.2) is 42.5 Å². The fourth-order valence-electron chi connectivity index (χ4n) is 3.05. The Hall–Kier alpha value is -3.20. The number of carbonyl (C=O) groups is 1. The van der Waals surface area contributed by atoms with Gasteiger partial charge in [0.05, 0.1) is 18.8 Å². The van der Waals surface area contributed by atoms with Crippen molar-refractivity contribution < 1.29 is 22.7 Å². The van der Waals surface area contributed by atoms with Gasteiger partial charge in [0.25, 0.3) is 5.91 Å². The van der Waals surface area contributed by atoms with Crippen LogP contribution in [-0.4, -0.2) is 20.9 Å². The van der Waals surface area contributed by atoms with E-state index >= 15 is 0 Å². The number of halogens is 3. The Balaban J connectivity index is 1.45. The minimum Gasteiger partial charge on any atom is -0.365 e. The predicted molar refractivity (Wildman–Crippen MR) is 91.5 cm³/mol. The van der Waals surface area contributed by atoms with Crippen LogP contribution in [-0.2, 0) is 24.4 Å². The van der Waals surface area contributed by atoms with Gasteiger partial charge in [-0.2, -0.15) is 0 Å². The van der Waals surface area contributed by atoms with Crippen molar-refractivity contribution in [1.82, 2.24) is 20.3 Å². The molecule has 4 rings (SSSR count). The third-order valence-corrected chi connectivity index (χ3v) is 4.43. The van der Waals surface area contributed by atoms with E-state index < -0.39 is 17.5 Å². The molecule has 0 radical (unpaired) electrons. The number of ether oxygens (including phenoxy) is 1. The molecular weight excluding hydrogens is 373 g/mol. The first-order chi connectivity index (χ1) is 13.5. The number of hydrogen-bond donors (Lipinski definition) is 1. The molecule has 0 saturated carbocycles. The molecule has 1 amide bonds. The van der Waals surface area contributed by atoms with Crippen LogP contribution in [0.4, 0.5) is 13.2 Å². The molecule has 28 heavy (non-hydrogen) atoms. The first-order valence-corrected chi connectivity index (χ1v) is 8.52. The molecule has 144 valence electrons. The van der Waals surface area contributed by atoms with Crippen LogP contribution in [0.5, 0.6) is 0 Å². The van der Waals surface area contributed by atoms with Gasteiger partial charge in [-0.3, -0.25) is 4.79 Å². The molecule has 1 aliphatic rings. The number of nitrogens with one attached hydrogen (secondary N) is 1. The third-order valence-electron chi connectivity index (χ3n) is 4.43. The second-order valence-electron chi connectivity index (χ2n) is 6.38. The Morgan fingerprint density at radius 2 is 1.82 bits per heavy atom. The summed E-state index contributed by atoms with van der Waals surface area (Å²) in [5.74, 6) is -2.29. The molecule has 0 saturated heterocycles. The van der Waals surface area contributed by atoms with E-state index in [9.17, 15) is 18.0 Å².